The third-order valence-corrected chi connectivity index (χ3v) is 3.97. The predicted molar refractivity (Wildman–Crippen MR) is 92.8 cm³/mol. The van der Waals surface area contributed by atoms with E-state index in [2.05, 4.69) is 62.2 Å². The monoisotopic (exact) mass is 382 g/mol. The molecule has 2 aromatic rings. The van der Waals surface area contributed by atoms with Gasteiger partial charge in [0.2, 0.25) is 0 Å². The van der Waals surface area contributed by atoms with Gasteiger partial charge in [-0.05, 0) is 48.1 Å². The molecule has 0 aliphatic carbocycles. The first-order valence-electron chi connectivity index (χ1n) is 6.72. The highest BCUT2D eigenvalue weighted by molar-refractivity contribution is 14.1. The number of hydrogen-bond acceptors (Lipinski definition) is 4. The Hall–Kier alpha value is -1.37. The van der Waals surface area contributed by atoms with Gasteiger partial charge in [0.25, 0.3) is 0 Å². The maximum absolute atomic E-state index is 4.64. The van der Waals surface area contributed by atoms with Crippen molar-refractivity contribution in [2.24, 2.45) is 0 Å². The van der Waals surface area contributed by atoms with Gasteiger partial charge < -0.3 is 10.6 Å². The van der Waals surface area contributed by atoms with Crippen LogP contribution in [0.3, 0.4) is 0 Å². The van der Waals surface area contributed by atoms with Crippen molar-refractivity contribution in [3.63, 3.8) is 0 Å². The number of para-hydroxylation sites is 1. The molecule has 0 atom stereocenters. The molecule has 0 saturated carbocycles. The number of anilines is 3. The molecule has 0 unspecified atom stereocenters. The SMILES string of the molecule is CCCc1nc(NC)c(C)c(Nc2ccccc2I)n1. The van der Waals surface area contributed by atoms with Gasteiger partial charge in [-0.25, -0.2) is 9.97 Å². The number of nitrogens with zero attached hydrogens (tertiary/aromatic N) is 2. The maximum atomic E-state index is 4.64. The van der Waals surface area contributed by atoms with E-state index in [1.54, 1.807) is 0 Å². The third kappa shape index (κ3) is 3.39. The summed E-state index contributed by atoms with van der Waals surface area (Å²) < 4.78 is 1.17. The lowest BCUT2D eigenvalue weighted by molar-refractivity contribution is 0.835. The van der Waals surface area contributed by atoms with Gasteiger partial charge in [0.1, 0.15) is 17.5 Å². The second kappa shape index (κ2) is 6.88. The van der Waals surface area contributed by atoms with Crippen LogP contribution in [0.4, 0.5) is 17.3 Å². The van der Waals surface area contributed by atoms with Gasteiger partial charge in [-0.2, -0.15) is 0 Å². The molecule has 0 bridgehead atoms. The molecule has 0 aliphatic heterocycles. The zero-order valence-electron chi connectivity index (χ0n) is 12.0. The minimum absolute atomic E-state index is 0.871. The molecule has 0 spiro atoms. The Morgan fingerprint density at radius 1 is 1.15 bits per heavy atom. The van der Waals surface area contributed by atoms with E-state index in [9.17, 15) is 0 Å². The molecule has 0 saturated heterocycles. The fourth-order valence-electron chi connectivity index (χ4n) is 1.95. The molecule has 5 heteroatoms. The summed E-state index contributed by atoms with van der Waals surface area (Å²) in [5, 5.41) is 6.56. The molecule has 1 aromatic heterocycles. The topological polar surface area (TPSA) is 49.8 Å². The van der Waals surface area contributed by atoms with Crippen LogP contribution in [0.5, 0.6) is 0 Å². The van der Waals surface area contributed by atoms with Crippen molar-refractivity contribution in [1.82, 2.24) is 9.97 Å². The van der Waals surface area contributed by atoms with Gasteiger partial charge in [0.15, 0.2) is 0 Å². The molecular weight excluding hydrogens is 363 g/mol. The lowest BCUT2D eigenvalue weighted by Crippen LogP contribution is -2.07. The molecule has 0 amide bonds. The fourth-order valence-corrected chi connectivity index (χ4v) is 2.48. The molecular formula is C15H19IN4. The lowest BCUT2D eigenvalue weighted by Gasteiger charge is -2.14. The molecule has 1 heterocycles. The van der Waals surface area contributed by atoms with Crippen LogP contribution in [0.25, 0.3) is 0 Å². The number of hydrogen-bond donors (Lipinski definition) is 2. The summed E-state index contributed by atoms with van der Waals surface area (Å²) in [5.41, 5.74) is 2.10. The first-order chi connectivity index (χ1) is 9.65. The van der Waals surface area contributed by atoms with E-state index >= 15 is 0 Å². The van der Waals surface area contributed by atoms with Crippen LogP contribution in [0.1, 0.15) is 24.7 Å². The average molecular weight is 382 g/mol. The molecule has 0 fully saturated rings. The average Bonchev–Trinajstić information content (AvgIpc) is 2.45. The summed E-state index contributed by atoms with van der Waals surface area (Å²) >= 11 is 2.32. The van der Waals surface area contributed by atoms with Crippen LogP contribution in [-0.2, 0) is 6.42 Å². The van der Waals surface area contributed by atoms with Crippen molar-refractivity contribution in [2.45, 2.75) is 26.7 Å². The van der Waals surface area contributed by atoms with Crippen LogP contribution in [0.2, 0.25) is 0 Å². The molecule has 4 nitrogen and oxygen atoms in total. The number of halogens is 1. The number of rotatable bonds is 5. The molecule has 20 heavy (non-hydrogen) atoms. The van der Waals surface area contributed by atoms with Crippen molar-refractivity contribution in [1.29, 1.82) is 0 Å². The smallest absolute Gasteiger partial charge is 0.139 e. The summed E-state index contributed by atoms with van der Waals surface area (Å²) in [6.45, 7) is 4.16. The molecule has 2 N–H and O–H groups in total. The van der Waals surface area contributed by atoms with Crippen LogP contribution >= 0.6 is 22.6 Å². The minimum atomic E-state index is 0.871. The first-order valence-corrected chi connectivity index (χ1v) is 7.80. The Balaban J connectivity index is 2.39. The largest absolute Gasteiger partial charge is 0.373 e. The maximum Gasteiger partial charge on any atom is 0.139 e. The quantitative estimate of drug-likeness (QED) is 0.764. The third-order valence-electron chi connectivity index (χ3n) is 3.03. The predicted octanol–water partition coefficient (Wildman–Crippen LogP) is 4.13. The van der Waals surface area contributed by atoms with Gasteiger partial charge in [-0.3, -0.25) is 0 Å². The van der Waals surface area contributed by atoms with Crippen LogP contribution < -0.4 is 10.6 Å². The number of aryl methyl sites for hydroxylation is 1. The fraction of sp³-hybridized carbons (Fsp3) is 0.333. The second-order valence-electron chi connectivity index (χ2n) is 4.57. The summed E-state index contributed by atoms with van der Waals surface area (Å²) in [7, 11) is 1.89. The van der Waals surface area contributed by atoms with Crippen molar-refractivity contribution in [3.8, 4) is 0 Å². The highest BCUT2D eigenvalue weighted by Crippen LogP contribution is 2.26. The molecule has 106 valence electrons. The molecule has 0 aliphatic rings. The summed E-state index contributed by atoms with van der Waals surface area (Å²) in [4.78, 5) is 9.18. The van der Waals surface area contributed by atoms with E-state index in [0.29, 0.717) is 0 Å². The molecule has 2 rings (SSSR count). The summed E-state index contributed by atoms with van der Waals surface area (Å²) in [6, 6.07) is 8.18. The number of nitrogens with one attached hydrogen (secondary N) is 2. The van der Waals surface area contributed by atoms with E-state index in [1.165, 1.54) is 3.57 Å². The zero-order chi connectivity index (χ0) is 14.5. The van der Waals surface area contributed by atoms with Crippen LogP contribution in [0.15, 0.2) is 24.3 Å². The lowest BCUT2D eigenvalue weighted by atomic mass is 10.2. The van der Waals surface area contributed by atoms with Gasteiger partial charge in [-0.15, -0.1) is 0 Å². The van der Waals surface area contributed by atoms with E-state index in [1.807, 2.05) is 26.1 Å². The van der Waals surface area contributed by atoms with Gasteiger partial charge in [-0.1, -0.05) is 19.1 Å². The van der Waals surface area contributed by atoms with Gasteiger partial charge in [0.05, 0.1) is 5.69 Å². The Morgan fingerprint density at radius 2 is 1.85 bits per heavy atom. The number of aromatic nitrogens is 2. The van der Waals surface area contributed by atoms with E-state index in [4.69, 9.17) is 0 Å². The van der Waals surface area contributed by atoms with Crippen LogP contribution in [0, 0.1) is 10.5 Å². The van der Waals surface area contributed by atoms with Crippen molar-refractivity contribution >= 4 is 39.9 Å². The zero-order valence-corrected chi connectivity index (χ0v) is 14.2. The normalized spacial score (nSPS) is 10.4. The van der Waals surface area contributed by atoms with Gasteiger partial charge in [0, 0.05) is 22.6 Å². The Morgan fingerprint density at radius 3 is 2.50 bits per heavy atom. The van der Waals surface area contributed by atoms with Crippen LogP contribution in [-0.4, -0.2) is 17.0 Å². The Kier molecular flexibility index (Phi) is 5.17. The van der Waals surface area contributed by atoms with E-state index in [-0.39, 0.29) is 0 Å². The second-order valence-corrected chi connectivity index (χ2v) is 5.73. The molecule has 0 radical (unpaired) electrons. The highest BCUT2D eigenvalue weighted by atomic mass is 127. The van der Waals surface area contributed by atoms with E-state index < -0.39 is 0 Å². The van der Waals surface area contributed by atoms with Gasteiger partial charge >= 0.3 is 0 Å². The Bertz CT molecular complexity index is 598. The summed E-state index contributed by atoms with van der Waals surface area (Å²) in [6.07, 6.45) is 1.92. The van der Waals surface area contributed by atoms with Crippen molar-refractivity contribution < 1.29 is 0 Å². The van der Waals surface area contributed by atoms with Crippen molar-refractivity contribution in [2.75, 3.05) is 17.7 Å². The Labute approximate surface area is 133 Å². The standard InChI is InChI=1S/C15H19IN4/c1-4-7-13-19-14(17-3)10(2)15(20-13)18-12-9-6-5-8-11(12)16/h5-6,8-9H,4,7H2,1-3H3,(H2,17,18,19,20). The minimum Gasteiger partial charge on any atom is -0.373 e. The number of benzene rings is 1. The summed E-state index contributed by atoms with van der Waals surface area (Å²) in [5.74, 6) is 2.63. The van der Waals surface area contributed by atoms with Crippen molar-refractivity contribution in [3.05, 3.63) is 39.2 Å². The first kappa shape index (κ1) is 15.0. The molecule has 1 aromatic carbocycles. The highest BCUT2D eigenvalue weighted by Gasteiger charge is 2.10. The van der Waals surface area contributed by atoms with E-state index in [0.717, 1.165) is 41.6 Å².